The van der Waals surface area contributed by atoms with Crippen LogP contribution in [-0.4, -0.2) is 6.54 Å². The Labute approximate surface area is 93.3 Å². The number of benzene rings is 1. The smallest absolute Gasteiger partial charge is 0.0133 e. The van der Waals surface area contributed by atoms with Crippen molar-refractivity contribution < 1.29 is 0 Å². The molecule has 0 aliphatic heterocycles. The van der Waals surface area contributed by atoms with Crippen LogP contribution in [0.5, 0.6) is 0 Å². The van der Waals surface area contributed by atoms with Crippen LogP contribution in [-0.2, 0) is 6.42 Å². The fraction of sp³-hybridized carbons (Fsp3) is 0.333. The van der Waals surface area contributed by atoms with Gasteiger partial charge in [0.1, 0.15) is 0 Å². The Bertz CT molecular complexity index is 250. The third kappa shape index (κ3) is 3.29. The number of rotatable bonds is 2. The van der Waals surface area contributed by atoms with E-state index in [9.17, 15) is 0 Å². The Morgan fingerprint density at radius 2 is 2.08 bits per heavy atom. The van der Waals surface area contributed by atoms with E-state index in [1.54, 1.807) is 0 Å². The zero-order chi connectivity index (χ0) is 8.27. The molecule has 0 saturated carbocycles. The predicted octanol–water partition coefficient (Wildman–Crippen LogP) is 2.52. The maximum Gasteiger partial charge on any atom is 0.0133 e. The maximum absolute atomic E-state index is 5.48. The molecular weight excluding hydrogens is 284 g/mol. The fourth-order valence-electron chi connectivity index (χ4n) is 1.06. The summed E-state index contributed by atoms with van der Waals surface area (Å²) in [5, 5.41) is 0. The van der Waals surface area contributed by atoms with Gasteiger partial charge in [0.05, 0.1) is 0 Å². The first-order valence-corrected chi connectivity index (χ1v) is 4.77. The van der Waals surface area contributed by atoms with E-state index in [0.29, 0.717) is 0 Å². The average molecular weight is 298 g/mol. The van der Waals surface area contributed by atoms with Crippen LogP contribution >= 0.6 is 35.0 Å². The van der Waals surface area contributed by atoms with Gasteiger partial charge in [-0.3, -0.25) is 0 Å². The summed E-state index contributed by atoms with van der Waals surface area (Å²) in [6, 6.07) is 6.46. The summed E-state index contributed by atoms with van der Waals surface area (Å²) in [5.41, 5.74) is 8.19. The molecule has 0 saturated heterocycles. The zero-order valence-corrected chi connectivity index (χ0v) is 9.98. The van der Waals surface area contributed by atoms with Gasteiger partial charge in [-0.25, -0.2) is 0 Å². The minimum absolute atomic E-state index is 0. The summed E-state index contributed by atoms with van der Waals surface area (Å²) >= 11 is 2.32. The van der Waals surface area contributed by atoms with Crippen LogP contribution in [0, 0.1) is 10.5 Å². The highest BCUT2D eigenvalue weighted by molar-refractivity contribution is 14.1. The maximum atomic E-state index is 5.48. The second-order valence-electron chi connectivity index (χ2n) is 2.61. The molecule has 0 aliphatic carbocycles. The Balaban J connectivity index is 0.00000121. The lowest BCUT2D eigenvalue weighted by Crippen LogP contribution is -2.04. The molecule has 0 spiro atoms. The van der Waals surface area contributed by atoms with Gasteiger partial charge in [-0.05, 0) is 65.7 Å². The van der Waals surface area contributed by atoms with Crippen molar-refractivity contribution >= 4 is 35.0 Å². The third-order valence-electron chi connectivity index (χ3n) is 1.72. The highest BCUT2D eigenvalue weighted by atomic mass is 127. The van der Waals surface area contributed by atoms with Crippen LogP contribution in [0.4, 0.5) is 0 Å². The lowest BCUT2D eigenvalue weighted by molar-refractivity contribution is 0.957. The molecule has 2 N–H and O–H groups in total. The van der Waals surface area contributed by atoms with Crippen LogP contribution in [0.1, 0.15) is 11.1 Å². The summed E-state index contributed by atoms with van der Waals surface area (Å²) in [5.74, 6) is 0. The zero-order valence-electron chi connectivity index (χ0n) is 7.01. The van der Waals surface area contributed by atoms with Gasteiger partial charge in [-0.2, -0.15) is 0 Å². The minimum Gasteiger partial charge on any atom is -0.330 e. The van der Waals surface area contributed by atoms with E-state index < -0.39 is 0 Å². The van der Waals surface area contributed by atoms with Gasteiger partial charge in [0, 0.05) is 3.57 Å². The largest absolute Gasteiger partial charge is 0.330 e. The molecule has 0 unspecified atom stereocenters. The van der Waals surface area contributed by atoms with Gasteiger partial charge in [0.25, 0.3) is 0 Å². The minimum atomic E-state index is 0. The Hall–Kier alpha value is 0.200. The van der Waals surface area contributed by atoms with E-state index >= 15 is 0 Å². The molecule has 0 amide bonds. The summed E-state index contributed by atoms with van der Waals surface area (Å²) < 4.78 is 1.29. The van der Waals surface area contributed by atoms with Crippen molar-refractivity contribution in [1.82, 2.24) is 0 Å². The molecule has 1 aromatic rings. The van der Waals surface area contributed by atoms with E-state index in [1.165, 1.54) is 14.7 Å². The lowest BCUT2D eigenvalue weighted by Gasteiger charge is -2.03. The molecule has 0 bridgehead atoms. The SMILES string of the molecule is Cc1ccc(I)cc1CCN.Cl. The van der Waals surface area contributed by atoms with Crippen molar-refractivity contribution in [3.8, 4) is 0 Å². The van der Waals surface area contributed by atoms with Gasteiger partial charge >= 0.3 is 0 Å². The molecule has 1 nitrogen and oxygen atoms in total. The average Bonchev–Trinajstić information content (AvgIpc) is 1.98. The van der Waals surface area contributed by atoms with Crippen molar-refractivity contribution in [2.45, 2.75) is 13.3 Å². The molecule has 1 aromatic carbocycles. The number of hydrogen-bond donors (Lipinski definition) is 1. The van der Waals surface area contributed by atoms with Gasteiger partial charge in [-0.15, -0.1) is 12.4 Å². The van der Waals surface area contributed by atoms with E-state index in [1.807, 2.05) is 0 Å². The highest BCUT2D eigenvalue weighted by Gasteiger charge is 1.96. The van der Waals surface area contributed by atoms with E-state index in [0.717, 1.165) is 13.0 Å². The highest BCUT2D eigenvalue weighted by Crippen LogP contribution is 2.12. The molecule has 0 aliphatic rings. The quantitative estimate of drug-likeness (QED) is 0.834. The first-order valence-electron chi connectivity index (χ1n) is 3.69. The standard InChI is InChI=1S/C9H12IN.ClH/c1-7-2-3-9(10)6-8(7)4-5-11;/h2-3,6H,4-5,11H2,1H3;1H. The lowest BCUT2D eigenvalue weighted by atomic mass is 10.1. The van der Waals surface area contributed by atoms with Crippen LogP contribution in [0.15, 0.2) is 18.2 Å². The monoisotopic (exact) mass is 297 g/mol. The fourth-order valence-corrected chi connectivity index (χ4v) is 1.62. The molecule has 1 rings (SSSR count). The van der Waals surface area contributed by atoms with Crippen LogP contribution in [0.25, 0.3) is 0 Å². The first kappa shape index (κ1) is 12.2. The van der Waals surface area contributed by atoms with Crippen molar-refractivity contribution in [1.29, 1.82) is 0 Å². The molecular formula is C9H13ClIN. The third-order valence-corrected chi connectivity index (χ3v) is 2.40. The summed E-state index contributed by atoms with van der Waals surface area (Å²) in [4.78, 5) is 0. The van der Waals surface area contributed by atoms with Gasteiger partial charge in [-0.1, -0.05) is 6.07 Å². The van der Waals surface area contributed by atoms with E-state index in [2.05, 4.69) is 47.7 Å². The Morgan fingerprint density at radius 1 is 1.42 bits per heavy atom. The number of hydrogen-bond acceptors (Lipinski definition) is 1. The van der Waals surface area contributed by atoms with Crippen molar-refractivity contribution in [3.63, 3.8) is 0 Å². The van der Waals surface area contributed by atoms with Crippen LogP contribution in [0.3, 0.4) is 0 Å². The van der Waals surface area contributed by atoms with Crippen molar-refractivity contribution in [2.24, 2.45) is 5.73 Å². The Kier molecular flexibility index (Phi) is 5.88. The van der Waals surface area contributed by atoms with E-state index in [4.69, 9.17) is 5.73 Å². The second-order valence-corrected chi connectivity index (χ2v) is 3.86. The molecule has 0 heterocycles. The Morgan fingerprint density at radius 3 is 2.67 bits per heavy atom. The molecule has 68 valence electrons. The van der Waals surface area contributed by atoms with E-state index in [-0.39, 0.29) is 12.4 Å². The number of aryl methyl sites for hydroxylation is 1. The van der Waals surface area contributed by atoms with Gasteiger partial charge in [0.2, 0.25) is 0 Å². The van der Waals surface area contributed by atoms with Crippen molar-refractivity contribution in [2.75, 3.05) is 6.54 Å². The molecule has 0 radical (unpaired) electrons. The predicted molar refractivity (Wildman–Crippen MR) is 63.9 cm³/mol. The topological polar surface area (TPSA) is 26.0 Å². The second kappa shape index (κ2) is 5.78. The number of nitrogens with two attached hydrogens (primary N) is 1. The molecule has 12 heavy (non-hydrogen) atoms. The molecule has 3 heteroatoms. The summed E-state index contributed by atoms with van der Waals surface area (Å²) in [6.07, 6.45) is 0.989. The summed E-state index contributed by atoms with van der Waals surface area (Å²) in [7, 11) is 0. The normalized spacial score (nSPS) is 9.25. The van der Waals surface area contributed by atoms with Crippen LogP contribution < -0.4 is 5.73 Å². The molecule has 0 atom stereocenters. The molecule has 0 aromatic heterocycles. The van der Waals surface area contributed by atoms with Gasteiger partial charge in [0.15, 0.2) is 0 Å². The van der Waals surface area contributed by atoms with Crippen molar-refractivity contribution in [3.05, 3.63) is 32.9 Å². The van der Waals surface area contributed by atoms with Gasteiger partial charge < -0.3 is 5.73 Å². The first-order chi connectivity index (χ1) is 5.24. The molecule has 0 fully saturated rings. The van der Waals surface area contributed by atoms with Crippen LogP contribution in [0.2, 0.25) is 0 Å². The number of halogens is 2. The summed E-state index contributed by atoms with van der Waals surface area (Å²) in [6.45, 7) is 2.86.